The van der Waals surface area contributed by atoms with Gasteiger partial charge in [-0.2, -0.15) is 0 Å². The highest BCUT2D eigenvalue weighted by Gasteiger charge is 2.43. The minimum atomic E-state index is 0.123. The number of carbonyl (C=O) groups is 1. The molecule has 1 aromatic heterocycles. The van der Waals surface area contributed by atoms with E-state index in [1.807, 2.05) is 0 Å². The predicted octanol–water partition coefficient (Wildman–Crippen LogP) is 4.50. The highest BCUT2D eigenvalue weighted by molar-refractivity contribution is 7.99. The monoisotopic (exact) mass is 398 g/mol. The van der Waals surface area contributed by atoms with E-state index in [9.17, 15) is 4.79 Å². The second kappa shape index (κ2) is 9.12. The molecule has 1 N–H and O–H groups in total. The molecule has 0 saturated heterocycles. The van der Waals surface area contributed by atoms with E-state index in [2.05, 4.69) is 57.3 Å². The first-order valence-electron chi connectivity index (χ1n) is 10.7. The molecule has 4 rings (SSSR count). The molecule has 2 saturated carbocycles. The number of benzene rings is 1. The zero-order valence-corrected chi connectivity index (χ0v) is 17.5. The molecule has 2 unspecified atom stereocenters. The van der Waals surface area contributed by atoms with Crippen molar-refractivity contribution >= 4 is 17.7 Å². The predicted molar refractivity (Wildman–Crippen MR) is 113 cm³/mol. The van der Waals surface area contributed by atoms with Crippen LogP contribution in [0.3, 0.4) is 0 Å². The lowest BCUT2D eigenvalue weighted by atomic mass is 10.1. The molecule has 0 aliphatic heterocycles. The number of carbonyl (C=O) groups excluding carboxylic acids is 1. The third kappa shape index (κ3) is 4.59. The molecule has 28 heavy (non-hydrogen) atoms. The fourth-order valence-corrected chi connectivity index (χ4v) is 5.17. The zero-order valence-electron chi connectivity index (χ0n) is 16.6. The first kappa shape index (κ1) is 19.5. The number of thioether (sulfide) groups is 1. The molecule has 6 heteroatoms. The first-order valence-corrected chi connectivity index (χ1v) is 11.6. The summed E-state index contributed by atoms with van der Waals surface area (Å²) >= 11 is 1.51. The van der Waals surface area contributed by atoms with Gasteiger partial charge < -0.3 is 9.88 Å². The summed E-state index contributed by atoms with van der Waals surface area (Å²) in [6.07, 6.45) is 8.44. The normalized spacial score (nSPS) is 22.6. The van der Waals surface area contributed by atoms with Gasteiger partial charge in [-0.05, 0) is 37.7 Å². The molecule has 0 bridgehead atoms. The van der Waals surface area contributed by atoms with E-state index in [1.165, 1.54) is 43.0 Å². The van der Waals surface area contributed by atoms with Crippen LogP contribution in [-0.2, 0) is 11.3 Å². The number of hydrogen-bond acceptors (Lipinski definition) is 4. The minimum Gasteiger partial charge on any atom is -0.353 e. The molecule has 2 aliphatic carbocycles. The molecule has 2 atom stereocenters. The number of nitrogens with zero attached hydrogens (tertiary/aromatic N) is 3. The molecule has 2 aliphatic rings. The van der Waals surface area contributed by atoms with Crippen LogP contribution in [0.25, 0.3) is 0 Å². The molecule has 150 valence electrons. The molecule has 1 amide bonds. The van der Waals surface area contributed by atoms with E-state index < -0.39 is 0 Å². The van der Waals surface area contributed by atoms with E-state index in [-0.39, 0.29) is 5.91 Å². The summed E-state index contributed by atoms with van der Waals surface area (Å²) in [4.78, 5) is 12.4. The third-order valence-corrected chi connectivity index (χ3v) is 6.93. The fraction of sp³-hybridized carbons (Fsp3) is 0.591. The maximum atomic E-state index is 12.4. The van der Waals surface area contributed by atoms with E-state index in [1.54, 1.807) is 0 Å². The van der Waals surface area contributed by atoms with Gasteiger partial charge in [-0.3, -0.25) is 4.79 Å². The van der Waals surface area contributed by atoms with Crippen LogP contribution in [-0.4, -0.2) is 32.5 Å². The molecule has 1 heterocycles. The standard InChI is InChI=1S/C22H30N4OS/c1-2-26-21(19-14-18(19)16-10-6-5-7-11-16)24-25-22(26)28-15-20(27)23-17-12-8-3-4-9-13-17/h5-7,10-11,17-19H,2-4,8-9,12-15H2,1H3,(H,23,27). The Labute approximate surface area is 171 Å². The second-order valence-electron chi connectivity index (χ2n) is 7.99. The number of aromatic nitrogens is 3. The summed E-state index contributed by atoms with van der Waals surface area (Å²) in [5.41, 5.74) is 1.38. The lowest BCUT2D eigenvalue weighted by molar-refractivity contribution is -0.119. The SMILES string of the molecule is CCn1c(SCC(=O)NC2CCCCCC2)nnc1C1CC1c1ccccc1. The third-order valence-electron chi connectivity index (χ3n) is 5.96. The average Bonchev–Trinajstić information content (AvgIpc) is 3.47. The molecule has 2 fully saturated rings. The Bertz CT molecular complexity index is 783. The van der Waals surface area contributed by atoms with Crippen LogP contribution in [0.15, 0.2) is 35.5 Å². The van der Waals surface area contributed by atoms with Crippen molar-refractivity contribution in [3.63, 3.8) is 0 Å². The van der Waals surface area contributed by atoms with Crippen molar-refractivity contribution in [1.82, 2.24) is 20.1 Å². The van der Waals surface area contributed by atoms with Gasteiger partial charge in [0, 0.05) is 18.5 Å². The van der Waals surface area contributed by atoms with E-state index in [4.69, 9.17) is 0 Å². The largest absolute Gasteiger partial charge is 0.353 e. The van der Waals surface area contributed by atoms with Crippen LogP contribution in [0.1, 0.15) is 75.1 Å². The lowest BCUT2D eigenvalue weighted by Crippen LogP contribution is -2.35. The minimum absolute atomic E-state index is 0.123. The van der Waals surface area contributed by atoms with Crippen LogP contribution < -0.4 is 5.32 Å². The van der Waals surface area contributed by atoms with E-state index in [0.717, 1.165) is 36.8 Å². The smallest absolute Gasteiger partial charge is 0.230 e. The second-order valence-corrected chi connectivity index (χ2v) is 8.93. The van der Waals surface area contributed by atoms with Gasteiger partial charge in [-0.15, -0.1) is 10.2 Å². The summed E-state index contributed by atoms with van der Waals surface area (Å²) in [5.74, 6) is 2.61. The van der Waals surface area contributed by atoms with Crippen molar-refractivity contribution in [2.45, 2.75) is 81.4 Å². The van der Waals surface area contributed by atoms with Gasteiger partial charge in [0.1, 0.15) is 5.82 Å². The maximum absolute atomic E-state index is 12.4. The van der Waals surface area contributed by atoms with Gasteiger partial charge in [0.05, 0.1) is 5.75 Å². The highest BCUT2D eigenvalue weighted by Crippen LogP contribution is 2.54. The Morgan fingerprint density at radius 2 is 1.86 bits per heavy atom. The molecular weight excluding hydrogens is 368 g/mol. The van der Waals surface area contributed by atoms with Gasteiger partial charge in [0.2, 0.25) is 5.91 Å². The molecule has 2 aromatic rings. The number of nitrogens with one attached hydrogen (secondary N) is 1. The van der Waals surface area contributed by atoms with E-state index >= 15 is 0 Å². The topological polar surface area (TPSA) is 59.8 Å². The quantitative estimate of drug-likeness (QED) is 0.551. The van der Waals surface area contributed by atoms with Crippen molar-refractivity contribution in [1.29, 1.82) is 0 Å². The maximum Gasteiger partial charge on any atom is 0.230 e. The van der Waals surface area contributed by atoms with Gasteiger partial charge >= 0.3 is 0 Å². The van der Waals surface area contributed by atoms with Gasteiger partial charge in [-0.25, -0.2) is 0 Å². The Morgan fingerprint density at radius 1 is 1.11 bits per heavy atom. The Kier molecular flexibility index (Phi) is 6.35. The van der Waals surface area contributed by atoms with Crippen LogP contribution >= 0.6 is 11.8 Å². The summed E-state index contributed by atoms with van der Waals surface area (Å²) < 4.78 is 2.19. The Balaban J connectivity index is 1.34. The Morgan fingerprint density at radius 3 is 2.57 bits per heavy atom. The molecule has 0 radical (unpaired) electrons. The van der Waals surface area contributed by atoms with Crippen molar-refractivity contribution in [3.8, 4) is 0 Å². The summed E-state index contributed by atoms with van der Waals surface area (Å²) in [5, 5.41) is 13.0. The van der Waals surface area contributed by atoms with Gasteiger partial charge in [-0.1, -0.05) is 67.8 Å². The van der Waals surface area contributed by atoms with Gasteiger partial charge in [0.25, 0.3) is 0 Å². The molecular formula is C22H30N4OS. The van der Waals surface area contributed by atoms with Crippen molar-refractivity contribution < 1.29 is 4.79 Å². The number of rotatable bonds is 7. The van der Waals surface area contributed by atoms with Gasteiger partial charge in [0.15, 0.2) is 5.16 Å². The van der Waals surface area contributed by atoms with Crippen LogP contribution in [0, 0.1) is 0 Å². The first-order chi connectivity index (χ1) is 13.8. The van der Waals surface area contributed by atoms with Crippen molar-refractivity contribution in [2.75, 3.05) is 5.75 Å². The Hall–Kier alpha value is -1.82. The molecule has 0 spiro atoms. The van der Waals surface area contributed by atoms with Crippen LogP contribution in [0.5, 0.6) is 0 Å². The number of amides is 1. The summed E-state index contributed by atoms with van der Waals surface area (Å²) in [6.45, 7) is 2.97. The fourth-order valence-electron chi connectivity index (χ4n) is 4.35. The summed E-state index contributed by atoms with van der Waals surface area (Å²) in [6, 6.07) is 11.0. The van der Waals surface area contributed by atoms with Crippen molar-refractivity contribution in [2.24, 2.45) is 0 Å². The zero-order chi connectivity index (χ0) is 19.3. The lowest BCUT2D eigenvalue weighted by Gasteiger charge is -2.16. The average molecular weight is 399 g/mol. The van der Waals surface area contributed by atoms with Crippen molar-refractivity contribution in [3.05, 3.63) is 41.7 Å². The van der Waals surface area contributed by atoms with Crippen LogP contribution in [0.4, 0.5) is 0 Å². The van der Waals surface area contributed by atoms with E-state index in [0.29, 0.717) is 23.6 Å². The molecule has 1 aromatic carbocycles. The summed E-state index contributed by atoms with van der Waals surface area (Å²) in [7, 11) is 0. The number of hydrogen-bond donors (Lipinski definition) is 1. The van der Waals surface area contributed by atoms with Crippen LogP contribution in [0.2, 0.25) is 0 Å². The highest BCUT2D eigenvalue weighted by atomic mass is 32.2. The molecule has 5 nitrogen and oxygen atoms in total.